The summed E-state index contributed by atoms with van der Waals surface area (Å²) in [6.45, 7) is 11.2. The molecule has 1 atom stereocenters. The van der Waals surface area contributed by atoms with Crippen molar-refractivity contribution in [2.24, 2.45) is 5.92 Å². The van der Waals surface area contributed by atoms with Crippen LogP contribution in [0, 0.1) is 12.8 Å². The maximum atomic E-state index is 12.3. The van der Waals surface area contributed by atoms with Crippen LogP contribution in [-0.4, -0.2) is 22.1 Å². The van der Waals surface area contributed by atoms with Gasteiger partial charge in [-0.2, -0.15) is 0 Å². The van der Waals surface area contributed by atoms with Crippen molar-refractivity contribution in [2.45, 2.75) is 47.1 Å². The number of rotatable bonds is 5. The molecule has 0 amide bonds. The maximum Gasteiger partial charge on any atom is 0.316 e. The summed E-state index contributed by atoms with van der Waals surface area (Å²) in [6, 6.07) is 6.22. The summed E-state index contributed by atoms with van der Waals surface area (Å²) in [6.07, 6.45) is 0. The van der Waals surface area contributed by atoms with Gasteiger partial charge < -0.3 is 9.30 Å². The molecule has 1 aromatic heterocycles. The molecule has 1 heterocycles. The zero-order valence-electron chi connectivity index (χ0n) is 13.5. The molecule has 2 aromatic rings. The van der Waals surface area contributed by atoms with Crippen LogP contribution in [0.25, 0.3) is 11.0 Å². The van der Waals surface area contributed by atoms with Crippen molar-refractivity contribution in [3.05, 3.63) is 29.6 Å². The highest BCUT2D eigenvalue weighted by Gasteiger charge is 2.30. The van der Waals surface area contributed by atoms with E-state index in [9.17, 15) is 4.79 Å². The van der Waals surface area contributed by atoms with E-state index < -0.39 is 0 Å². The Morgan fingerprint density at radius 1 is 1.33 bits per heavy atom. The minimum absolute atomic E-state index is 0.146. The first-order valence-corrected chi connectivity index (χ1v) is 7.63. The average molecular weight is 288 g/mol. The highest BCUT2D eigenvalue weighted by atomic mass is 16.5. The third kappa shape index (κ3) is 2.94. The van der Waals surface area contributed by atoms with Crippen LogP contribution in [0.4, 0.5) is 0 Å². The van der Waals surface area contributed by atoms with Crippen molar-refractivity contribution < 1.29 is 9.53 Å². The molecule has 0 N–H and O–H groups in total. The van der Waals surface area contributed by atoms with E-state index in [0.29, 0.717) is 6.61 Å². The van der Waals surface area contributed by atoms with Crippen LogP contribution in [0.1, 0.15) is 45.0 Å². The molecule has 0 spiro atoms. The first kappa shape index (κ1) is 15.5. The smallest absolute Gasteiger partial charge is 0.316 e. The lowest BCUT2D eigenvalue weighted by atomic mass is 9.95. The number of esters is 1. The van der Waals surface area contributed by atoms with Gasteiger partial charge in [0, 0.05) is 6.54 Å². The number of ether oxygens (including phenoxy) is 1. The molecule has 0 aliphatic carbocycles. The molecule has 0 fully saturated rings. The van der Waals surface area contributed by atoms with Gasteiger partial charge in [-0.15, -0.1) is 0 Å². The number of carbonyl (C=O) groups is 1. The number of carbonyl (C=O) groups excluding carboxylic acids is 1. The number of hydrogen-bond donors (Lipinski definition) is 0. The molecule has 4 heteroatoms. The summed E-state index contributed by atoms with van der Waals surface area (Å²) in [7, 11) is 0. The Bertz CT molecular complexity index is 644. The van der Waals surface area contributed by atoms with E-state index in [1.54, 1.807) is 0 Å². The van der Waals surface area contributed by atoms with E-state index in [1.165, 1.54) is 5.56 Å². The van der Waals surface area contributed by atoms with Gasteiger partial charge in [0.2, 0.25) is 0 Å². The van der Waals surface area contributed by atoms with Crippen LogP contribution in [0.15, 0.2) is 18.2 Å². The van der Waals surface area contributed by atoms with Gasteiger partial charge in [-0.3, -0.25) is 4.79 Å². The quantitative estimate of drug-likeness (QED) is 0.789. The third-order valence-corrected chi connectivity index (χ3v) is 3.73. The number of aryl methyl sites for hydroxylation is 2. The molecule has 0 saturated heterocycles. The van der Waals surface area contributed by atoms with E-state index in [2.05, 4.69) is 36.6 Å². The van der Waals surface area contributed by atoms with E-state index >= 15 is 0 Å². The number of nitrogens with zero attached hydrogens (tertiary/aromatic N) is 2. The summed E-state index contributed by atoms with van der Waals surface area (Å²) < 4.78 is 7.37. The Morgan fingerprint density at radius 3 is 2.62 bits per heavy atom. The van der Waals surface area contributed by atoms with Crippen molar-refractivity contribution >= 4 is 17.0 Å². The lowest BCUT2D eigenvalue weighted by Crippen LogP contribution is -2.24. The van der Waals surface area contributed by atoms with Crippen molar-refractivity contribution in [3.8, 4) is 0 Å². The van der Waals surface area contributed by atoms with Crippen LogP contribution >= 0.6 is 0 Å². The molecule has 4 nitrogen and oxygen atoms in total. The second kappa shape index (κ2) is 6.29. The summed E-state index contributed by atoms with van der Waals surface area (Å²) >= 11 is 0. The standard InChI is InChI=1S/C17H24N2O2/c1-6-19-14-9-8-12(5)10-13(14)18-16(19)15(11(3)4)17(20)21-7-2/h8-11,15H,6-7H2,1-5H3. The Balaban J connectivity index is 2.59. The van der Waals surface area contributed by atoms with E-state index in [4.69, 9.17) is 9.72 Å². The Hall–Kier alpha value is -1.84. The van der Waals surface area contributed by atoms with Gasteiger partial charge in [-0.1, -0.05) is 19.9 Å². The summed E-state index contributed by atoms with van der Waals surface area (Å²) in [4.78, 5) is 17.1. The van der Waals surface area contributed by atoms with Gasteiger partial charge >= 0.3 is 5.97 Å². The van der Waals surface area contributed by atoms with Crippen molar-refractivity contribution in [3.63, 3.8) is 0 Å². The van der Waals surface area contributed by atoms with Crippen molar-refractivity contribution in [1.29, 1.82) is 0 Å². The van der Waals surface area contributed by atoms with Gasteiger partial charge in [-0.25, -0.2) is 4.98 Å². The second-order valence-electron chi connectivity index (χ2n) is 5.68. The number of imidazole rings is 1. The monoisotopic (exact) mass is 288 g/mol. The minimum atomic E-state index is -0.322. The van der Waals surface area contributed by atoms with Crippen LogP contribution in [0.5, 0.6) is 0 Å². The number of hydrogen-bond acceptors (Lipinski definition) is 3. The predicted octanol–water partition coefficient (Wildman–Crippen LogP) is 3.67. The van der Waals surface area contributed by atoms with E-state index in [1.807, 2.05) is 20.8 Å². The summed E-state index contributed by atoms with van der Waals surface area (Å²) in [5, 5.41) is 0. The van der Waals surface area contributed by atoms with Gasteiger partial charge in [0.25, 0.3) is 0 Å². The number of benzene rings is 1. The molecule has 0 bridgehead atoms. The zero-order chi connectivity index (χ0) is 15.6. The van der Waals surface area contributed by atoms with Gasteiger partial charge in [0.1, 0.15) is 11.7 Å². The summed E-state index contributed by atoms with van der Waals surface area (Å²) in [5.74, 6) is 0.450. The van der Waals surface area contributed by atoms with Crippen LogP contribution in [-0.2, 0) is 16.1 Å². The summed E-state index contributed by atoms with van der Waals surface area (Å²) in [5.41, 5.74) is 3.20. The SMILES string of the molecule is CCOC(=O)C(c1nc2cc(C)ccc2n1CC)C(C)C. The fourth-order valence-electron chi connectivity index (χ4n) is 2.74. The highest BCUT2D eigenvalue weighted by Crippen LogP contribution is 2.29. The fraction of sp³-hybridized carbons (Fsp3) is 0.529. The maximum absolute atomic E-state index is 12.3. The molecule has 0 aliphatic heterocycles. The average Bonchev–Trinajstić information content (AvgIpc) is 2.75. The Labute approximate surface area is 126 Å². The van der Waals surface area contributed by atoms with Crippen molar-refractivity contribution in [2.75, 3.05) is 6.61 Å². The normalized spacial score (nSPS) is 12.9. The van der Waals surface area contributed by atoms with E-state index in [0.717, 1.165) is 23.4 Å². The van der Waals surface area contributed by atoms with Crippen LogP contribution in [0.2, 0.25) is 0 Å². The van der Waals surface area contributed by atoms with Crippen molar-refractivity contribution in [1.82, 2.24) is 9.55 Å². The number of aromatic nitrogens is 2. The molecule has 2 rings (SSSR count). The largest absolute Gasteiger partial charge is 0.465 e. The fourth-order valence-corrected chi connectivity index (χ4v) is 2.74. The first-order valence-electron chi connectivity index (χ1n) is 7.63. The molecular formula is C17H24N2O2. The van der Waals surface area contributed by atoms with E-state index in [-0.39, 0.29) is 17.8 Å². The Morgan fingerprint density at radius 2 is 2.05 bits per heavy atom. The lowest BCUT2D eigenvalue weighted by Gasteiger charge is -2.19. The van der Waals surface area contributed by atoms with Gasteiger partial charge in [0.05, 0.1) is 17.6 Å². The topological polar surface area (TPSA) is 44.1 Å². The van der Waals surface area contributed by atoms with Gasteiger partial charge in [0.15, 0.2) is 0 Å². The molecule has 1 aromatic carbocycles. The molecule has 0 saturated carbocycles. The molecule has 21 heavy (non-hydrogen) atoms. The van der Waals surface area contributed by atoms with Crippen LogP contribution in [0.3, 0.4) is 0 Å². The highest BCUT2D eigenvalue weighted by molar-refractivity contribution is 5.82. The molecule has 1 unspecified atom stereocenters. The molecule has 114 valence electrons. The number of fused-ring (bicyclic) bond motifs is 1. The molecule has 0 radical (unpaired) electrons. The Kier molecular flexibility index (Phi) is 4.66. The van der Waals surface area contributed by atoms with Crippen LogP contribution < -0.4 is 0 Å². The second-order valence-corrected chi connectivity index (χ2v) is 5.68. The molecule has 0 aliphatic rings. The zero-order valence-corrected chi connectivity index (χ0v) is 13.5. The molecular weight excluding hydrogens is 264 g/mol. The minimum Gasteiger partial charge on any atom is -0.465 e. The predicted molar refractivity (Wildman–Crippen MR) is 84.4 cm³/mol. The first-order chi connectivity index (χ1) is 9.99. The lowest BCUT2D eigenvalue weighted by molar-refractivity contribution is -0.146. The van der Waals surface area contributed by atoms with Gasteiger partial charge in [-0.05, 0) is 44.4 Å². The third-order valence-electron chi connectivity index (χ3n) is 3.73.